The second-order valence-electron chi connectivity index (χ2n) is 9.10. The molecule has 1 aliphatic heterocycles. The molecule has 9 nitrogen and oxygen atoms in total. The van der Waals surface area contributed by atoms with Crippen molar-refractivity contribution in [1.29, 1.82) is 0 Å². The Labute approximate surface area is 205 Å². The number of benzene rings is 1. The summed E-state index contributed by atoms with van der Waals surface area (Å²) in [6, 6.07) is 8.02. The number of hydrogen-bond donors (Lipinski definition) is 4. The van der Waals surface area contributed by atoms with E-state index in [9.17, 15) is 27.9 Å². The Morgan fingerprint density at radius 2 is 1.94 bits per heavy atom. The van der Waals surface area contributed by atoms with Crippen LogP contribution in [0.15, 0.2) is 59.0 Å². The van der Waals surface area contributed by atoms with Crippen molar-refractivity contribution in [3.63, 3.8) is 0 Å². The summed E-state index contributed by atoms with van der Waals surface area (Å²) in [6.07, 6.45) is 4.27. The predicted octanol–water partition coefficient (Wildman–Crippen LogP) is 2.10. The largest absolute Gasteiger partial charge is 0.480 e. The second-order valence-corrected chi connectivity index (χ2v) is 11.0. The van der Waals surface area contributed by atoms with Crippen molar-refractivity contribution in [3.05, 3.63) is 64.6 Å². The van der Waals surface area contributed by atoms with Gasteiger partial charge in [0.25, 0.3) is 5.91 Å². The molecule has 35 heavy (non-hydrogen) atoms. The number of aliphatic carboxylic acids is 1. The van der Waals surface area contributed by atoms with E-state index in [0.29, 0.717) is 35.1 Å². The molecule has 2 atom stereocenters. The fourth-order valence-corrected chi connectivity index (χ4v) is 5.13. The smallest absolute Gasteiger partial charge is 0.326 e. The fraction of sp³-hybridized carbons (Fsp3) is 0.400. The summed E-state index contributed by atoms with van der Waals surface area (Å²) in [4.78, 5) is 36.0. The Kier molecular flexibility index (Phi) is 8.63. The van der Waals surface area contributed by atoms with Crippen molar-refractivity contribution in [2.45, 2.75) is 51.7 Å². The van der Waals surface area contributed by atoms with Crippen molar-refractivity contribution in [3.8, 4) is 0 Å². The first-order chi connectivity index (χ1) is 16.5. The minimum atomic E-state index is -3.65. The van der Waals surface area contributed by atoms with E-state index in [1.807, 2.05) is 19.9 Å². The van der Waals surface area contributed by atoms with Crippen molar-refractivity contribution in [1.82, 2.24) is 16.0 Å². The van der Waals surface area contributed by atoms with Crippen molar-refractivity contribution < 1.29 is 27.9 Å². The minimum Gasteiger partial charge on any atom is -0.480 e. The molecule has 0 radical (unpaired) electrons. The van der Waals surface area contributed by atoms with Gasteiger partial charge in [-0.2, -0.15) is 0 Å². The first kappa shape index (κ1) is 26.4. The number of carboxylic acids is 1. The molecule has 0 bridgehead atoms. The summed E-state index contributed by atoms with van der Waals surface area (Å²) in [6.45, 7) is 3.76. The number of carbonyl (C=O) groups excluding carboxylic acids is 2. The maximum Gasteiger partial charge on any atom is 0.326 e. The quantitative estimate of drug-likeness (QED) is 0.385. The summed E-state index contributed by atoms with van der Waals surface area (Å²) >= 11 is 0. The average molecular weight is 502 g/mol. The number of allylic oxidation sites excluding steroid dienone is 3. The Bertz CT molecular complexity index is 1170. The van der Waals surface area contributed by atoms with Crippen LogP contribution < -0.4 is 16.0 Å². The maximum atomic E-state index is 13.1. The molecule has 1 heterocycles. The monoisotopic (exact) mass is 501 g/mol. The van der Waals surface area contributed by atoms with Gasteiger partial charge < -0.3 is 15.7 Å². The predicted molar refractivity (Wildman–Crippen MR) is 132 cm³/mol. The molecule has 4 N–H and O–H groups in total. The van der Waals surface area contributed by atoms with Crippen LogP contribution in [0, 0.1) is 5.92 Å². The highest BCUT2D eigenvalue weighted by atomic mass is 32.2. The number of rotatable bonds is 10. The third-order valence-electron chi connectivity index (χ3n) is 5.66. The van der Waals surface area contributed by atoms with Crippen LogP contribution in [0.2, 0.25) is 0 Å². The lowest BCUT2D eigenvalue weighted by molar-refractivity contribution is -0.141. The van der Waals surface area contributed by atoms with Crippen LogP contribution >= 0.6 is 0 Å². The standard InChI is InChI=1S/C25H31N3O6S/c1-16(2)12-21(25(31)32)27-24(30)19-9-8-17(13-20(19)18-6-4-3-5-7-18)14-35(33,34)15-26-22-10-11-23(29)28-22/h3-7,9,13-14,16,21-22,26H,8,10-12,15H2,1-2H3,(H,27,30)(H,28,29)(H,31,32)/t21-,22+/m0/s1. The Morgan fingerprint density at radius 3 is 2.54 bits per heavy atom. The van der Waals surface area contributed by atoms with E-state index in [1.54, 1.807) is 36.4 Å². The van der Waals surface area contributed by atoms with Crippen molar-refractivity contribution in [2.24, 2.45) is 5.92 Å². The third kappa shape index (κ3) is 7.63. The maximum absolute atomic E-state index is 13.1. The molecule has 0 unspecified atom stereocenters. The molecule has 2 aliphatic rings. The molecule has 0 aromatic heterocycles. The number of hydrogen-bond acceptors (Lipinski definition) is 6. The molecule has 1 fully saturated rings. The second kappa shape index (κ2) is 11.5. The highest BCUT2D eigenvalue weighted by Gasteiger charge is 2.27. The lowest BCUT2D eigenvalue weighted by atomic mass is 9.89. The van der Waals surface area contributed by atoms with Gasteiger partial charge in [-0.15, -0.1) is 0 Å². The Morgan fingerprint density at radius 1 is 1.23 bits per heavy atom. The minimum absolute atomic E-state index is 0.0757. The molecular formula is C25H31N3O6S. The van der Waals surface area contributed by atoms with Crippen LogP contribution in [-0.4, -0.2) is 49.4 Å². The fourth-order valence-electron chi connectivity index (χ4n) is 3.99. The number of carboxylic acid groups (broad SMARTS) is 1. The first-order valence-electron chi connectivity index (χ1n) is 11.5. The third-order valence-corrected chi connectivity index (χ3v) is 6.89. The van der Waals surface area contributed by atoms with E-state index in [2.05, 4.69) is 16.0 Å². The molecule has 0 spiro atoms. The Balaban J connectivity index is 1.82. The van der Waals surface area contributed by atoms with E-state index in [1.165, 1.54) is 5.41 Å². The van der Waals surface area contributed by atoms with Gasteiger partial charge in [-0.25, -0.2) is 13.2 Å². The van der Waals surface area contributed by atoms with Gasteiger partial charge >= 0.3 is 5.97 Å². The zero-order valence-electron chi connectivity index (χ0n) is 19.8. The normalized spacial score (nSPS) is 20.3. The highest BCUT2D eigenvalue weighted by Crippen LogP contribution is 2.31. The number of amides is 2. The molecule has 188 valence electrons. The van der Waals surface area contributed by atoms with E-state index in [0.717, 1.165) is 0 Å². The van der Waals surface area contributed by atoms with Gasteiger partial charge in [0, 0.05) is 17.4 Å². The molecule has 1 aromatic carbocycles. The van der Waals surface area contributed by atoms with E-state index in [-0.39, 0.29) is 36.7 Å². The highest BCUT2D eigenvalue weighted by molar-refractivity contribution is 7.94. The molecule has 3 rings (SSSR count). The van der Waals surface area contributed by atoms with Crippen LogP contribution in [-0.2, 0) is 24.2 Å². The number of nitrogens with one attached hydrogen (secondary N) is 3. The average Bonchev–Trinajstić information content (AvgIpc) is 3.22. The number of sulfone groups is 1. The summed E-state index contributed by atoms with van der Waals surface area (Å²) < 4.78 is 25.3. The summed E-state index contributed by atoms with van der Waals surface area (Å²) in [7, 11) is -3.65. The lowest BCUT2D eigenvalue weighted by Gasteiger charge is -2.21. The van der Waals surface area contributed by atoms with Crippen molar-refractivity contribution >= 4 is 33.2 Å². The van der Waals surface area contributed by atoms with Crippen LogP contribution in [0.1, 0.15) is 45.1 Å². The molecule has 2 amide bonds. The van der Waals surface area contributed by atoms with E-state index < -0.39 is 27.8 Å². The Hall–Kier alpha value is -3.24. The van der Waals surface area contributed by atoms with Gasteiger partial charge in [-0.05, 0) is 48.0 Å². The molecule has 1 aromatic rings. The van der Waals surface area contributed by atoms with Gasteiger partial charge in [0.1, 0.15) is 11.9 Å². The van der Waals surface area contributed by atoms with Crippen LogP contribution in [0.25, 0.3) is 5.57 Å². The van der Waals surface area contributed by atoms with Gasteiger partial charge in [0.2, 0.25) is 5.91 Å². The van der Waals surface area contributed by atoms with E-state index in [4.69, 9.17) is 0 Å². The number of carbonyl (C=O) groups is 3. The molecule has 1 saturated heterocycles. The van der Waals surface area contributed by atoms with Gasteiger partial charge in [0.05, 0.1) is 6.17 Å². The summed E-state index contributed by atoms with van der Waals surface area (Å²) in [5.41, 5.74) is 2.02. The van der Waals surface area contributed by atoms with Crippen LogP contribution in [0.5, 0.6) is 0 Å². The zero-order valence-corrected chi connectivity index (χ0v) is 20.6. The molecule has 1 aliphatic carbocycles. The van der Waals surface area contributed by atoms with Crippen LogP contribution in [0.3, 0.4) is 0 Å². The summed E-state index contributed by atoms with van der Waals surface area (Å²) in [5, 5.41) is 18.8. The molecular weight excluding hydrogens is 470 g/mol. The van der Waals surface area contributed by atoms with Gasteiger partial charge in [-0.3, -0.25) is 14.9 Å². The first-order valence-corrected chi connectivity index (χ1v) is 13.2. The SMILES string of the molecule is CC(C)C[C@H](NC(=O)C1=CCC(=CS(=O)(=O)CN[C@H]2CCC(=O)N2)C=C1c1ccccc1)C(=O)O. The lowest BCUT2D eigenvalue weighted by Crippen LogP contribution is -2.42. The molecule has 10 heteroatoms. The van der Waals surface area contributed by atoms with Gasteiger partial charge in [-0.1, -0.05) is 50.3 Å². The van der Waals surface area contributed by atoms with Gasteiger partial charge in [0.15, 0.2) is 9.84 Å². The van der Waals surface area contributed by atoms with Crippen molar-refractivity contribution in [2.75, 3.05) is 5.88 Å². The van der Waals surface area contributed by atoms with Crippen LogP contribution in [0.4, 0.5) is 0 Å². The summed E-state index contributed by atoms with van der Waals surface area (Å²) in [5.74, 6) is -2.00. The van der Waals surface area contributed by atoms with E-state index >= 15 is 0 Å². The zero-order chi connectivity index (χ0) is 25.6. The molecule has 0 saturated carbocycles. The topological polar surface area (TPSA) is 142 Å².